The minimum atomic E-state index is -1.56. The number of allylic oxidation sites excluding steroid dienone is 12. The molecule has 1 amide bonds. The number of rotatable bonds is 44. The van der Waals surface area contributed by atoms with Crippen molar-refractivity contribution in [3.05, 3.63) is 72.9 Å². The van der Waals surface area contributed by atoms with Gasteiger partial charge in [0.1, 0.15) is 24.4 Å². The van der Waals surface area contributed by atoms with E-state index < -0.39 is 49.5 Å². The second kappa shape index (κ2) is 45.4. The Labute approximate surface area is 398 Å². The normalized spacial score (nSPS) is 20.5. The molecular weight excluding hydrogens is 815 g/mol. The third-order valence-electron chi connectivity index (χ3n) is 12.3. The zero-order valence-electron chi connectivity index (χ0n) is 41.5. The molecule has 0 aromatic rings. The Hall–Kier alpha value is -2.37. The van der Waals surface area contributed by atoms with E-state index in [1.54, 1.807) is 0 Å². The molecule has 0 aliphatic carbocycles. The van der Waals surface area contributed by atoms with Gasteiger partial charge in [-0.25, -0.2) is 0 Å². The lowest BCUT2D eigenvalue weighted by Crippen LogP contribution is -2.60. The van der Waals surface area contributed by atoms with Gasteiger partial charge in [0.05, 0.1) is 25.4 Å². The van der Waals surface area contributed by atoms with E-state index in [1.165, 1.54) is 103 Å². The Bertz CT molecular complexity index is 1240. The maximum atomic E-state index is 13.0. The molecule has 7 unspecified atom stereocenters. The minimum absolute atomic E-state index is 0.144. The second-order valence-corrected chi connectivity index (χ2v) is 18.3. The fraction of sp³-hybridized carbons (Fsp3) is 0.768. The number of nitrogens with one attached hydrogen (secondary N) is 1. The average molecular weight is 914 g/mol. The largest absolute Gasteiger partial charge is 0.394 e. The number of unbranched alkanes of at least 4 members (excludes halogenated alkanes) is 22. The van der Waals surface area contributed by atoms with Gasteiger partial charge in [-0.1, -0.05) is 222 Å². The van der Waals surface area contributed by atoms with E-state index >= 15 is 0 Å². The molecule has 0 aromatic heterocycles. The van der Waals surface area contributed by atoms with Crippen LogP contribution in [-0.4, -0.2) is 87.5 Å². The van der Waals surface area contributed by atoms with Gasteiger partial charge >= 0.3 is 0 Å². The summed E-state index contributed by atoms with van der Waals surface area (Å²) >= 11 is 0. The first-order valence-electron chi connectivity index (χ1n) is 26.6. The van der Waals surface area contributed by atoms with Crippen LogP contribution in [0.3, 0.4) is 0 Å². The van der Waals surface area contributed by atoms with Crippen LogP contribution in [-0.2, 0) is 14.3 Å². The molecule has 1 heterocycles. The summed E-state index contributed by atoms with van der Waals surface area (Å²) in [5, 5.41) is 54.5. The number of aliphatic hydroxyl groups excluding tert-OH is 5. The standard InChI is InChI=1S/C56H99NO8/c1-3-5-7-9-11-13-15-17-19-20-21-22-23-24-25-26-27-28-29-30-32-34-36-38-40-42-44-46-52(60)57-49(48-64-56-55(63)54(62)53(61)51(47-58)65-56)50(59)45-43-41-39-37-35-33-31-18-16-14-12-10-8-6-4-2/h5,7,11,13,17,19,21-22,24-25,27-28,49-51,53-56,58-59,61-63H,3-4,6,8-10,12,14-16,18,20,23,26,29-48H2,1-2H3,(H,57,60)/b7-5-,13-11-,19-17-,22-21-,25-24-,28-27-. The van der Waals surface area contributed by atoms with Gasteiger partial charge in [0.25, 0.3) is 0 Å². The fourth-order valence-corrected chi connectivity index (χ4v) is 8.11. The maximum Gasteiger partial charge on any atom is 0.220 e. The van der Waals surface area contributed by atoms with Crippen LogP contribution in [0.4, 0.5) is 0 Å². The molecule has 65 heavy (non-hydrogen) atoms. The Morgan fingerprint density at radius 3 is 1.42 bits per heavy atom. The van der Waals surface area contributed by atoms with Gasteiger partial charge in [-0.15, -0.1) is 0 Å². The molecule has 1 saturated heterocycles. The second-order valence-electron chi connectivity index (χ2n) is 18.3. The summed E-state index contributed by atoms with van der Waals surface area (Å²) in [5.41, 5.74) is 0. The fourth-order valence-electron chi connectivity index (χ4n) is 8.11. The lowest BCUT2D eigenvalue weighted by atomic mass is 9.99. The van der Waals surface area contributed by atoms with Crippen molar-refractivity contribution >= 4 is 5.91 Å². The van der Waals surface area contributed by atoms with Gasteiger partial charge < -0.3 is 40.3 Å². The van der Waals surface area contributed by atoms with Gasteiger partial charge in [-0.2, -0.15) is 0 Å². The summed E-state index contributed by atoms with van der Waals surface area (Å²) < 4.78 is 11.3. The van der Waals surface area contributed by atoms with Crippen LogP contribution in [0.5, 0.6) is 0 Å². The van der Waals surface area contributed by atoms with Crippen molar-refractivity contribution in [3.8, 4) is 0 Å². The predicted octanol–water partition coefficient (Wildman–Crippen LogP) is 12.5. The van der Waals surface area contributed by atoms with Gasteiger partial charge in [0.2, 0.25) is 5.91 Å². The Morgan fingerprint density at radius 1 is 0.538 bits per heavy atom. The Kier molecular flexibility index (Phi) is 42.4. The number of carbonyl (C=O) groups excluding carboxylic acids is 1. The summed E-state index contributed by atoms with van der Waals surface area (Å²) in [6.07, 6.45) is 54.8. The van der Waals surface area contributed by atoms with E-state index in [0.717, 1.165) is 89.9 Å². The highest BCUT2D eigenvalue weighted by Crippen LogP contribution is 2.23. The summed E-state index contributed by atoms with van der Waals surface area (Å²) in [6.45, 7) is 3.72. The summed E-state index contributed by atoms with van der Waals surface area (Å²) in [4.78, 5) is 13.0. The van der Waals surface area contributed by atoms with Crippen LogP contribution in [0.1, 0.15) is 219 Å². The van der Waals surface area contributed by atoms with Gasteiger partial charge in [0.15, 0.2) is 6.29 Å². The van der Waals surface area contributed by atoms with E-state index in [1.807, 2.05) is 0 Å². The number of aliphatic hydroxyl groups is 5. The molecule has 1 rings (SSSR count). The lowest BCUT2D eigenvalue weighted by Gasteiger charge is -2.40. The van der Waals surface area contributed by atoms with Crippen molar-refractivity contribution < 1.29 is 39.8 Å². The first-order chi connectivity index (χ1) is 31.8. The van der Waals surface area contributed by atoms with Crippen LogP contribution in [0, 0.1) is 0 Å². The monoisotopic (exact) mass is 914 g/mol. The summed E-state index contributed by atoms with van der Waals surface area (Å²) in [7, 11) is 0. The van der Waals surface area contributed by atoms with Crippen LogP contribution < -0.4 is 5.32 Å². The van der Waals surface area contributed by atoms with Crippen LogP contribution in [0.25, 0.3) is 0 Å². The van der Waals surface area contributed by atoms with Crippen molar-refractivity contribution in [2.75, 3.05) is 13.2 Å². The topological polar surface area (TPSA) is 149 Å². The number of carbonyl (C=O) groups is 1. The zero-order chi connectivity index (χ0) is 47.3. The summed E-state index contributed by atoms with van der Waals surface area (Å²) in [6, 6.07) is -0.727. The van der Waals surface area contributed by atoms with Crippen molar-refractivity contribution in [1.29, 1.82) is 0 Å². The highest BCUT2D eigenvalue weighted by molar-refractivity contribution is 5.76. The highest BCUT2D eigenvalue weighted by Gasteiger charge is 2.44. The molecule has 1 aliphatic rings. The lowest BCUT2D eigenvalue weighted by molar-refractivity contribution is -0.302. The van der Waals surface area contributed by atoms with E-state index in [2.05, 4.69) is 92.1 Å². The molecule has 0 saturated carbocycles. The molecule has 0 spiro atoms. The van der Waals surface area contributed by atoms with Crippen LogP contribution >= 0.6 is 0 Å². The average Bonchev–Trinajstić information content (AvgIpc) is 3.31. The number of ether oxygens (including phenoxy) is 2. The van der Waals surface area contributed by atoms with Crippen molar-refractivity contribution in [2.45, 2.75) is 262 Å². The first kappa shape index (κ1) is 60.6. The van der Waals surface area contributed by atoms with Gasteiger partial charge in [0, 0.05) is 6.42 Å². The van der Waals surface area contributed by atoms with E-state index in [9.17, 15) is 30.3 Å². The molecular formula is C56H99NO8. The zero-order valence-corrected chi connectivity index (χ0v) is 41.5. The SMILES string of the molecule is CC/C=C\C/C=C\C/C=C\C/C=C\C/C=C\C/C=C\CCCCCCCCCCC(=O)NC(COC1OC(CO)C(O)C(O)C1O)C(O)CCCCCCCCCCCCCCCCC. The van der Waals surface area contributed by atoms with Crippen molar-refractivity contribution in [3.63, 3.8) is 0 Å². The van der Waals surface area contributed by atoms with Crippen molar-refractivity contribution in [2.24, 2.45) is 0 Å². The highest BCUT2D eigenvalue weighted by atomic mass is 16.7. The molecule has 1 aliphatic heterocycles. The van der Waals surface area contributed by atoms with E-state index in [0.29, 0.717) is 12.8 Å². The Balaban J connectivity index is 2.24. The van der Waals surface area contributed by atoms with E-state index in [-0.39, 0.29) is 12.5 Å². The molecule has 376 valence electrons. The predicted molar refractivity (Wildman–Crippen MR) is 272 cm³/mol. The molecule has 6 N–H and O–H groups in total. The Morgan fingerprint density at radius 2 is 0.954 bits per heavy atom. The molecule has 7 atom stereocenters. The first-order valence-corrected chi connectivity index (χ1v) is 26.6. The smallest absolute Gasteiger partial charge is 0.220 e. The van der Waals surface area contributed by atoms with E-state index in [4.69, 9.17) is 9.47 Å². The molecule has 9 heteroatoms. The van der Waals surface area contributed by atoms with Crippen LogP contribution in [0.15, 0.2) is 72.9 Å². The number of amides is 1. The van der Waals surface area contributed by atoms with Crippen molar-refractivity contribution in [1.82, 2.24) is 5.32 Å². The third-order valence-corrected chi connectivity index (χ3v) is 12.3. The molecule has 0 bridgehead atoms. The molecule has 9 nitrogen and oxygen atoms in total. The van der Waals surface area contributed by atoms with Crippen LogP contribution in [0.2, 0.25) is 0 Å². The third kappa shape index (κ3) is 35.4. The number of hydrogen-bond acceptors (Lipinski definition) is 8. The summed E-state index contributed by atoms with van der Waals surface area (Å²) in [5.74, 6) is -0.155. The molecule has 0 radical (unpaired) electrons. The minimum Gasteiger partial charge on any atom is -0.394 e. The molecule has 1 fully saturated rings. The van der Waals surface area contributed by atoms with Gasteiger partial charge in [-0.05, 0) is 64.2 Å². The maximum absolute atomic E-state index is 13.0. The number of hydrogen-bond donors (Lipinski definition) is 6. The molecule has 0 aromatic carbocycles. The van der Waals surface area contributed by atoms with Gasteiger partial charge in [-0.3, -0.25) is 4.79 Å². The quantitative estimate of drug-likeness (QED) is 0.0261.